The zero-order valence-electron chi connectivity index (χ0n) is 10.5. The Kier molecular flexibility index (Phi) is 3.56. The van der Waals surface area contributed by atoms with Crippen LogP contribution in [0.4, 0.5) is 4.39 Å². The van der Waals surface area contributed by atoms with Gasteiger partial charge in [-0.15, -0.1) is 0 Å². The molecule has 0 amide bonds. The van der Waals surface area contributed by atoms with Crippen LogP contribution in [0, 0.1) is 5.82 Å². The number of hydrogen-bond donors (Lipinski definition) is 0. The fourth-order valence-electron chi connectivity index (χ4n) is 1.92. The number of carbonyl (C=O) groups excluding carboxylic acids is 1. The first kappa shape index (κ1) is 12.5. The second-order valence-corrected chi connectivity index (χ2v) is 4.67. The summed E-state index contributed by atoms with van der Waals surface area (Å²) < 4.78 is 13.4. The quantitative estimate of drug-likeness (QED) is 0.728. The fraction of sp³-hybridized carbons (Fsp3) is 0.188. The highest BCUT2D eigenvalue weighted by molar-refractivity contribution is 5.79. The van der Waals surface area contributed by atoms with Gasteiger partial charge in [0.1, 0.15) is 12.1 Å². The Bertz CT molecular complexity index is 573. The third-order valence-corrected chi connectivity index (χ3v) is 2.94. The standard InChI is InChI=1S/C16H15FO/c1-11(2)13-4-3-5-14(8-13)15-6-12(10-18)7-16(17)9-15/h3-11H,1-2H3. The molecule has 0 spiro atoms. The van der Waals surface area contributed by atoms with E-state index in [0.717, 1.165) is 11.1 Å². The molecule has 0 aromatic heterocycles. The summed E-state index contributed by atoms with van der Waals surface area (Å²) in [6, 6.07) is 12.4. The van der Waals surface area contributed by atoms with E-state index in [1.165, 1.54) is 17.7 Å². The van der Waals surface area contributed by atoms with Crippen LogP contribution in [0.5, 0.6) is 0 Å². The maximum atomic E-state index is 13.4. The van der Waals surface area contributed by atoms with Gasteiger partial charge in [0.05, 0.1) is 0 Å². The topological polar surface area (TPSA) is 17.1 Å². The summed E-state index contributed by atoms with van der Waals surface area (Å²) in [6.45, 7) is 4.23. The number of benzene rings is 2. The van der Waals surface area contributed by atoms with Gasteiger partial charge in [0.2, 0.25) is 0 Å². The minimum Gasteiger partial charge on any atom is -0.298 e. The van der Waals surface area contributed by atoms with Gasteiger partial charge in [0.15, 0.2) is 0 Å². The molecular weight excluding hydrogens is 227 g/mol. The van der Waals surface area contributed by atoms with Crippen molar-refractivity contribution in [3.63, 3.8) is 0 Å². The Morgan fingerprint density at radius 1 is 1.06 bits per heavy atom. The fourth-order valence-corrected chi connectivity index (χ4v) is 1.92. The van der Waals surface area contributed by atoms with Crippen molar-refractivity contribution in [2.45, 2.75) is 19.8 Å². The van der Waals surface area contributed by atoms with Crippen molar-refractivity contribution in [2.75, 3.05) is 0 Å². The molecule has 0 N–H and O–H groups in total. The summed E-state index contributed by atoms with van der Waals surface area (Å²) in [7, 11) is 0. The molecule has 0 saturated carbocycles. The molecule has 0 aliphatic rings. The Labute approximate surface area is 106 Å². The lowest BCUT2D eigenvalue weighted by Gasteiger charge is -2.09. The molecule has 0 bridgehead atoms. The van der Waals surface area contributed by atoms with Crippen molar-refractivity contribution in [3.8, 4) is 11.1 Å². The molecule has 2 rings (SSSR count). The van der Waals surface area contributed by atoms with Crippen LogP contribution in [0.3, 0.4) is 0 Å². The van der Waals surface area contributed by atoms with Crippen LogP contribution >= 0.6 is 0 Å². The average molecular weight is 242 g/mol. The normalized spacial score (nSPS) is 10.7. The Morgan fingerprint density at radius 3 is 2.50 bits per heavy atom. The molecule has 0 atom stereocenters. The van der Waals surface area contributed by atoms with Gasteiger partial charge in [0, 0.05) is 5.56 Å². The third-order valence-electron chi connectivity index (χ3n) is 2.94. The van der Waals surface area contributed by atoms with Gasteiger partial charge in [-0.1, -0.05) is 38.1 Å². The van der Waals surface area contributed by atoms with E-state index in [2.05, 4.69) is 13.8 Å². The lowest BCUT2D eigenvalue weighted by atomic mass is 9.96. The molecule has 0 saturated heterocycles. The molecule has 0 unspecified atom stereocenters. The molecule has 2 aromatic rings. The molecule has 18 heavy (non-hydrogen) atoms. The van der Waals surface area contributed by atoms with E-state index in [1.807, 2.05) is 24.3 Å². The molecule has 1 nitrogen and oxygen atoms in total. The summed E-state index contributed by atoms with van der Waals surface area (Å²) in [5, 5.41) is 0. The van der Waals surface area contributed by atoms with Crippen LogP contribution in [0.1, 0.15) is 35.7 Å². The zero-order valence-corrected chi connectivity index (χ0v) is 10.5. The van der Waals surface area contributed by atoms with Crippen molar-refractivity contribution < 1.29 is 9.18 Å². The molecule has 0 heterocycles. The smallest absolute Gasteiger partial charge is 0.150 e. The molecule has 0 radical (unpaired) electrons. The van der Waals surface area contributed by atoms with Crippen LogP contribution in [0.15, 0.2) is 42.5 Å². The van der Waals surface area contributed by atoms with Crippen LogP contribution in [0.25, 0.3) is 11.1 Å². The maximum absolute atomic E-state index is 13.4. The highest BCUT2D eigenvalue weighted by Gasteiger charge is 2.05. The maximum Gasteiger partial charge on any atom is 0.150 e. The highest BCUT2D eigenvalue weighted by Crippen LogP contribution is 2.25. The number of halogens is 1. The van der Waals surface area contributed by atoms with E-state index in [1.54, 1.807) is 6.07 Å². The van der Waals surface area contributed by atoms with Crippen molar-refractivity contribution in [3.05, 3.63) is 59.4 Å². The van der Waals surface area contributed by atoms with Crippen LogP contribution < -0.4 is 0 Å². The van der Waals surface area contributed by atoms with Gasteiger partial charge in [-0.2, -0.15) is 0 Å². The van der Waals surface area contributed by atoms with Crippen molar-refractivity contribution >= 4 is 6.29 Å². The second kappa shape index (κ2) is 5.13. The number of rotatable bonds is 3. The first-order chi connectivity index (χ1) is 8.60. The summed E-state index contributed by atoms with van der Waals surface area (Å²) >= 11 is 0. The summed E-state index contributed by atoms with van der Waals surface area (Å²) in [4.78, 5) is 10.8. The second-order valence-electron chi connectivity index (χ2n) is 4.67. The lowest BCUT2D eigenvalue weighted by Crippen LogP contribution is -1.90. The Balaban J connectivity index is 2.51. The van der Waals surface area contributed by atoms with Crippen LogP contribution in [-0.4, -0.2) is 6.29 Å². The van der Waals surface area contributed by atoms with E-state index < -0.39 is 0 Å². The predicted molar refractivity (Wildman–Crippen MR) is 71.3 cm³/mol. The molecular formula is C16H15FO. The highest BCUT2D eigenvalue weighted by atomic mass is 19.1. The van der Waals surface area contributed by atoms with Crippen LogP contribution in [0.2, 0.25) is 0 Å². The van der Waals surface area contributed by atoms with Crippen LogP contribution in [-0.2, 0) is 0 Å². The Morgan fingerprint density at radius 2 is 1.83 bits per heavy atom. The largest absolute Gasteiger partial charge is 0.298 e. The predicted octanol–water partition coefficient (Wildman–Crippen LogP) is 4.43. The zero-order chi connectivity index (χ0) is 13.1. The summed E-state index contributed by atoms with van der Waals surface area (Å²) in [5.74, 6) is 0.0357. The van der Waals surface area contributed by atoms with E-state index in [-0.39, 0.29) is 5.82 Å². The van der Waals surface area contributed by atoms with Gasteiger partial charge in [-0.05, 0) is 40.8 Å². The van der Waals surface area contributed by atoms with Gasteiger partial charge in [-0.25, -0.2) is 4.39 Å². The van der Waals surface area contributed by atoms with E-state index in [0.29, 0.717) is 17.8 Å². The molecule has 92 valence electrons. The lowest BCUT2D eigenvalue weighted by molar-refractivity contribution is 0.112. The minimum atomic E-state index is -0.385. The number of aldehydes is 1. The molecule has 2 aromatic carbocycles. The monoisotopic (exact) mass is 242 g/mol. The summed E-state index contributed by atoms with van der Waals surface area (Å²) in [5.41, 5.74) is 3.23. The van der Waals surface area contributed by atoms with Gasteiger partial charge in [-0.3, -0.25) is 4.79 Å². The number of hydrogen-bond acceptors (Lipinski definition) is 1. The molecule has 0 aliphatic heterocycles. The number of carbonyl (C=O) groups is 1. The van der Waals surface area contributed by atoms with Crippen molar-refractivity contribution in [1.29, 1.82) is 0 Å². The molecule has 2 heteroatoms. The molecule has 0 aliphatic carbocycles. The van der Waals surface area contributed by atoms with E-state index in [9.17, 15) is 9.18 Å². The Hall–Kier alpha value is -1.96. The first-order valence-corrected chi connectivity index (χ1v) is 5.96. The van der Waals surface area contributed by atoms with Gasteiger partial charge >= 0.3 is 0 Å². The van der Waals surface area contributed by atoms with Gasteiger partial charge < -0.3 is 0 Å². The van der Waals surface area contributed by atoms with Gasteiger partial charge in [0.25, 0.3) is 0 Å². The molecule has 0 fully saturated rings. The summed E-state index contributed by atoms with van der Waals surface area (Å²) in [6.07, 6.45) is 0.666. The third kappa shape index (κ3) is 2.65. The van der Waals surface area contributed by atoms with E-state index in [4.69, 9.17) is 0 Å². The van der Waals surface area contributed by atoms with E-state index >= 15 is 0 Å². The van der Waals surface area contributed by atoms with Crippen molar-refractivity contribution in [1.82, 2.24) is 0 Å². The van der Waals surface area contributed by atoms with Crippen molar-refractivity contribution in [2.24, 2.45) is 0 Å². The average Bonchev–Trinajstić information content (AvgIpc) is 2.38. The minimum absolute atomic E-state index is 0.361. The first-order valence-electron chi connectivity index (χ1n) is 5.96. The SMILES string of the molecule is CC(C)c1cccc(-c2cc(F)cc(C=O)c2)c1.